The Morgan fingerprint density at radius 1 is 1.21 bits per heavy atom. The number of hydrogen-bond donors (Lipinski definition) is 1. The number of hydrogen-bond acceptors (Lipinski definition) is 3. The van der Waals surface area contributed by atoms with Crippen LogP contribution in [0.25, 0.3) is 10.9 Å². The average Bonchev–Trinajstić information content (AvgIpc) is 2.93. The summed E-state index contributed by atoms with van der Waals surface area (Å²) >= 11 is 0. The fourth-order valence-corrected chi connectivity index (χ4v) is 2.11. The van der Waals surface area contributed by atoms with Gasteiger partial charge >= 0.3 is 0 Å². The number of fused-ring (bicyclic) bond motifs is 1. The minimum Gasteiger partial charge on any atom is -0.379 e. The first-order chi connectivity index (χ1) is 9.36. The fourth-order valence-electron chi connectivity index (χ4n) is 2.11. The third-order valence-electron chi connectivity index (χ3n) is 3.13. The van der Waals surface area contributed by atoms with Gasteiger partial charge < -0.3 is 5.32 Å². The first-order valence-corrected chi connectivity index (χ1v) is 6.46. The maximum atomic E-state index is 4.43. The van der Waals surface area contributed by atoms with Gasteiger partial charge in [-0.3, -0.25) is 9.67 Å². The van der Waals surface area contributed by atoms with Crippen molar-refractivity contribution in [2.45, 2.75) is 20.0 Å². The largest absolute Gasteiger partial charge is 0.379 e. The van der Waals surface area contributed by atoms with E-state index in [0.29, 0.717) is 0 Å². The Morgan fingerprint density at radius 2 is 2.11 bits per heavy atom. The summed E-state index contributed by atoms with van der Waals surface area (Å²) in [6, 6.07) is 10.2. The van der Waals surface area contributed by atoms with E-state index in [-0.39, 0.29) is 0 Å². The molecule has 0 unspecified atom stereocenters. The monoisotopic (exact) mass is 252 g/mol. The lowest BCUT2D eigenvalue weighted by Crippen LogP contribution is -2.00. The predicted molar refractivity (Wildman–Crippen MR) is 77.0 cm³/mol. The van der Waals surface area contributed by atoms with E-state index >= 15 is 0 Å². The van der Waals surface area contributed by atoms with Gasteiger partial charge in [-0.05, 0) is 19.1 Å². The summed E-state index contributed by atoms with van der Waals surface area (Å²) in [5.74, 6) is 0. The molecule has 2 heterocycles. The minimum atomic E-state index is 0.760. The topological polar surface area (TPSA) is 42.7 Å². The van der Waals surface area contributed by atoms with Crippen molar-refractivity contribution in [2.75, 3.05) is 5.32 Å². The molecular formula is C15H16N4. The van der Waals surface area contributed by atoms with Gasteiger partial charge in [0.2, 0.25) is 0 Å². The molecule has 4 nitrogen and oxygen atoms in total. The van der Waals surface area contributed by atoms with Gasteiger partial charge in [0.05, 0.1) is 17.4 Å². The molecule has 0 spiro atoms. The van der Waals surface area contributed by atoms with Gasteiger partial charge in [0.15, 0.2) is 0 Å². The number of benzene rings is 1. The second-order valence-corrected chi connectivity index (χ2v) is 4.44. The molecule has 4 heteroatoms. The number of aromatic nitrogens is 3. The Balaban J connectivity index is 1.81. The van der Waals surface area contributed by atoms with Crippen LogP contribution in [0, 0.1) is 0 Å². The molecule has 0 saturated heterocycles. The van der Waals surface area contributed by atoms with E-state index in [2.05, 4.69) is 46.7 Å². The van der Waals surface area contributed by atoms with Gasteiger partial charge in [0.1, 0.15) is 0 Å². The van der Waals surface area contributed by atoms with Gasteiger partial charge in [-0.15, -0.1) is 0 Å². The Kier molecular flexibility index (Phi) is 3.14. The molecule has 0 bridgehead atoms. The van der Waals surface area contributed by atoms with Crippen molar-refractivity contribution in [2.24, 2.45) is 0 Å². The lowest BCUT2D eigenvalue weighted by molar-refractivity contribution is 0.659. The Morgan fingerprint density at radius 3 is 2.95 bits per heavy atom. The van der Waals surface area contributed by atoms with Crippen LogP contribution in [0.5, 0.6) is 0 Å². The third-order valence-corrected chi connectivity index (χ3v) is 3.13. The van der Waals surface area contributed by atoms with Crippen molar-refractivity contribution in [1.29, 1.82) is 0 Å². The van der Waals surface area contributed by atoms with E-state index in [4.69, 9.17) is 0 Å². The predicted octanol–water partition coefficient (Wildman–Crippen LogP) is 3.06. The van der Waals surface area contributed by atoms with Gasteiger partial charge in [0.25, 0.3) is 0 Å². The van der Waals surface area contributed by atoms with E-state index in [0.717, 1.165) is 29.7 Å². The van der Waals surface area contributed by atoms with Crippen LogP contribution in [0.1, 0.15) is 12.5 Å². The maximum absolute atomic E-state index is 4.43. The first-order valence-electron chi connectivity index (χ1n) is 6.46. The zero-order valence-electron chi connectivity index (χ0n) is 10.9. The van der Waals surface area contributed by atoms with E-state index in [1.54, 1.807) is 0 Å². The molecule has 0 fully saturated rings. The van der Waals surface area contributed by atoms with Crippen molar-refractivity contribution in [3.63, 3.8) is 0 Å². The highest BCUT2D eigenvalue weighted by Crippen LogP contribution is 2.21. The number of nitrogens with zero attached hydrogens (tertiary/aromatic N) is 3. The van der Waals surface area contributed by atoms with Crippen molar-refractivity contribution in [3.8, 4) is 0 Å². The van der Waals surface area contributed by atoms with Crippen LogP contribution in [-0.2, 0) is 13.1 Å². The van der Waals surface area contributed by atoms with E-state index in [1.807, 2.05) is 29.2 Å². The highest BCUT2D eigenvalue weighted by atomic mass is 15.3. The first kappa shape index (κ1) is 11.7. The number of pyridine rings is 1. The molecule has 1 N–H and O–H groups in total. The molecule has 0 amide bonds. The minimum absolute atomic E-state index is 0.760. The summed E-state index contributed by atoms with van der Waals surface area (Å²) in [5.41, 5.74) is 3.24. The number of aryl methyl sites for hydroxylation is 1. The quantitative estimate of drug-likeness (QED) is 0.776. The molecule has 2 aromatic heterocycles. The highest BCUT2D eigenvalue weighted by Gasteiger charge is 2.02. The second-order valence-electron chi connectivity index (χ2n) is 4.44. The summed E-state index contributed by atoms with van der Waals surface area (Å²) < 4.78 is 1.93. The van der Waals surface area contributed by atoms with Crippen LogP contribution >= 0.6 is 0 Å². The molecule has 3 aromatic rings. The fraction of sp³-hybridized carbons (Fsp3) is 0.200. The van der Waals surface area contributed by atoms with Crippen LogP contribution in [-0.4, -0.2) is 14.8 Å². The van der Waals surface area contributed by atoms with Gasteiger partial charge in [-0.1, -0.05) is 18.2 Å². The van der Waals surface area contributed by atoms with Crippen LogP contribution in [0.4, 0.5) is 5.69 Å². The highest BCUT2D eigenvalue weighted by molar-refractivity contribution is 5.90. The summed E-state index contributed by atoms with van der Waals surface area (Å²) in [5, 5.41) is 8.85. The Hall–Kier alpha value is -2.36. The van der Waals surface area contributed by atoms with Crippen molar-refractivity contribution in [3.05, 3.63) is 54.5 Å². The Labute approximate surface area is 112 Å². The standard InChI is InChI=1S/C15H16N4/c1-2-19-11-12(10-18-19)9-17-14-7-3-5-13-6-4-8-16-15(13)14/h3-8,10-11,17H,2,9H2,1H3. The molecule has 19 heavy (non-hydrogen) atoms. The summed E-state index contributed by atoms with van der Waals surface area (Å²) in [6.07, 6.45) is 5.78. The molecule has 0 aliphatic rings. The lowest BCUT2D eigenvalue weighted by Gasteiger charge is -2.07. The molecule has 1 aromatic carbocycles. The number of para-hydroxylation sites is 1. The van der Waals surface area contributed by atoms with Gasteiger partial charge in [-0.25, -0.2) is 0 Å². The molecule has 0 atom stereocenters. The van der Waals surface area contributed by atoms with Crippen molar-refractivity contribution >= 4 is 16.6 Å². The van der Waals surface area contributed by atoms with Crippen molar-refractivity contribution in [1.82, 2.24) is 14.8 Å². The number of nitrogens with one attached hydrogen (secondary N) is 1. The molecule has 96 valence electrons. The summed E-state index contributed by atoms with van der Waals surface area (Å²) in [4.78, 5) is 4.43. The molecule has 0 aliphatic heterocycles. The van der Waals surface area contributed by atoms with Crippen LogP contribution < -0.4 is 5.32 Å². The summed E-state index contributed by atoms with van der Waals surface area (Å²) in [6.45, 7) is 3.74. The maximum Gasteiger partial charge on any atom is 0.0933 e. The zero-order valence-corrected chi connectivity index (χ0v) is 10.9. The molecule has 3 rings (SSSR count). The van der Waals surface area contributed by atoms with Gasteiger partial charge in [-0.2, -0.15) is 5.10 Å². The Bertz CT molecular complexity index is 682. The lowest BCUT2D eigenvalue weighted by atomic mass is 10.2. The van der Waals surface area contributed by atoms with E-state index < -0.39 is 0 Å². The summed E-state index contributed by atoms with van der Waals surface area (Å²) in [7, 11) is 0. The van der Waals surface area contributed by atoms with Crippen LogP contribution in [0.3, 0.4) is 0 Å². The van der Waals surface area contributed by atoms with Crippen LogP contribution in [0.2, 0.25) is 0 Å². The third kappa shape index (κ3) is 2.42. The van der Waals surface area contributed by atoms with E-state index in [1.165, 1.54) is 5.56 Å². The molecule has 0 aliphatic carbocycles. The normalized spacial score (nSPS) is 10.8. The molecule has 0 radical (unpaired) electrons. The number of anilines is 1. The second kappa shape index (κ2) is 5.10. The van der Waals surface area contributed by atoms with Crippen molar-refractivity contribution < 1.29 is 0 Å². The van der Waals surface area contributed by atoms with Gasteiger partial charge in [0, 0.05) is 36.4 Å². The zero-order chi connectivity index (χ0) is 13.1. The average molecular weight is 252 g/mol. The molecular weight excluding hydrogens is 236 g/mol. The SMILES string of the molecule is CCn1cc(CNc2cccc3cccnc23)cn1. The number of rotatable bonds is 4. The van der Waals surface area contributed by atoms with E-state index in [9.17, 15) is 0 Å². The molecule has 0 saturated carbocycles. The van der Waals surface area contributed by atoms with Crippen LogP contribution in [0.15, 0.2) is 48.9 Å². The smallest absolute Gasteiger partial charge is 0.0933 e.